The van der Waals surface area contributed by atoms with Gasteiger partial charge in [0.05, 0.1) is 11.3 Å². The van der Waals surface area contributed by atoms with Gasteiger partial charge in [-0.05, 0) is 51.1 Å². The van der Waals surface area contributed by atoms with Crippen LogP contribution in [0, 0.1) is 0 Å². The van der Waals surface area contributed by atoms with Crippen LogP contribution >= 0.6 is 15.9 Å². The molecule has 0 saturated heterocycles. The van der Waals surface area contributed by atoms with Gasteiger partial charge in [-0.25, -0.2) is 4.98 Å². The van der Waals surface area contributed by atoms with Crippen molar-refractivity contribution < 1.29 is 13.2 Å². The van der Waals surface area contributed by atoms with Crippen molar-refractivity contribution in [1.29, 1.82) is 0 Å². The van der Waals surface area contributed by atoms with E-state index >= 15 is 0 Å². The molecule has 0 aliphatic rings. The molecule has 3 aromatic rings. The summed E-state index contributed by atoms with van der Waals surface area (Å²) in [6.45, 7) is 5.89. The number of rotatable bonds is 4. The molecule has 152 valence electrons. The summed E-state index contributed by atoms with van der Waals surface area (Å²) in [6, 6.07) is 9.23. The first-order chi connectivity index (χ1) is 13.5. The van der Waals surface area contributed by atoms with Gasteiger partial charge in [0.2, 0.25) is 5.95 Å². The predicted molar refractivity (Wildman–Crippen MR) is 111 cm³/mol. The average molecular weight is 466 g/mol. The molecule has 2 N–H and O–H groups in total. The van der Waals surface area contributed by atoms with Gasteiger partial charge >= 0.3 is 6.18 Å². The Kier molecular flexibility index (Phi) is 5.79. The molecule has 5 nitrogen and oxygen atoms in total. The average Bonchev–Trinajstić information content (AvgIpc) is 2.61. The van der Waals surface area contributed by atoms with E-state index in [4.69, 9.17) is 0 Å². The number of aromatic nitrogens is 3. The Labute approximate surface area is 174 Å². The molecule has 0 radical (unpaired) electrons. The standard InChI is InChI=1S/C20H19BrF3N5/c1-19(2,3)29-18-27-16(12-5-4-8-25-11-12)10-17(28-18)26-13-6-7-15(21)14(9-13)20(22,23)24/h4-11H,1-3H3,(H2,26,27,28,29). The minimum Gasteiger partial charge on any atom is -0.350 e. The zero-order valence-electron chi connectivity index (χ0n) is 16.0. The monoisotopic (exact) mass is 465 g/mol. The Morgan fingerprint density at radius 2 is 1.76 bits per heavy atom. The van der Waals surface area contributed by atoms with Crippen molar-refractivity contribution in [3.63, 3.8) is 0 Å². The lowest BCUT2D eigenvalue weighted by molar-refractivity contribution is -0.138. The minimum atomic E-state index is -4.47. The van der Waals surface area contributed by atoms with Crippen LogP contribution in [0.2, 0.25) is 0 Å². The number of nitrogens with one attached hydrogen (secondary N) is 2. The molecule has 3 rings (SSSR count). The fourth-order valence-electron chi connectivity index (χ4n) is 2.53. The van der Waals surface area contributed by atoms with E-state index in [-0.39, 0.29) is 15.7 Å². The summed E-state index contributed by atoms with van der Waals surface area (Å²) < 4.78 is 39.6. The third-order valence-corrected chi connectivity index (χ3v) is 4.41. The molecule has 2 aromatic heterocycles. The molecule has 0 unspecified atom stereocenters. The van der Waals surface area contributed by atoms with Crippen molar-refractivity contribution in [2.45, 2.75) is 32.5 Å². The summed E-state index contributed by atoms with van der Waals surface area (Å²) in [7, 11) is 0. The number of alkyl halides is 3. The fourth-order valence-corrected chi connectivity index (χ4v) is 3.00. The molecule has 0 spiro atoms. The molecule has 0 atom stereocenters. The van der Waals surface area contributed by atoms with E-state index in [1.165, 1.54) is 6.07 Å². The maximum Gasteiger partial charge on any atom is 0.417 e. The molecule has 0 amide bonds. The van der Waals surface area contributed by atoms with E-state index in [2.05, 4.69) is 41.5 Å². The summed E-state index contributed by atoms with van der Waals surface area (Å²) in [5, 5.41) is 6.14. The second-order valence-electron chi connectivity index (χ2n) is 7.40. The van der Waals surface area contributed by atoms with E-state index < -0.39 is 11.7 Å². The first-order valence-corrected chi connectivity index (χ1v) is 9.52. The van der Waals surface area contributed by atoms with Gasteiger partial charge in [-0.3, -0.25) is 4.98 Å². The molecular weight excluding hydrogens is 447 g/mol. The molecule has 9 heteroatoms. The van der Waals surface area contributed by atoms with Crippen LogP contribution in [0.3, 0.4) is 0 Å². The minimum absolute atomic E-state index is 0.0237. The Balaban J connectivity index is 2.01. The highest BCUT2D eigenvalue weighted by Gasteiger charge is 2.33. The second-order valence-corrected chi connectivity index (χ2v) is 8.25. The smallest absolute Gasteiger partial charge is 0.350 e. The zero-order valence-corrected chi connectivity index (χ0v) is 17.6. The van der Waals surface area contributed by atoms with Crippen LogP contribution in [-0.4, -0.2) is 20.5 Å². The van der Waals surface area contributed by atoms with E-state index in [0.29, 0.717) is 17.5 Å². The fraction of sp³-hybridized carbons (Fsp3) is 0.250. The van der Waals surface area contributed by atoms with E-state index in [1.54, 1.807) is 30.6 Å². The third-order valence-electron chi connectivity index (χ3n) is 3.71. The maximum absolute atomic E-state index is 13.2. The number of hydrogen-bond acceptors (Lipinski definition) is 5. The first-order valence-electron chi connectivity index (χ1n) is 8.73. The number of nitrogens with zero attached hydrogens (tertiary/aromatic N) is 3. The van der Waals surface area contributed by atoms with Gasteiger partial charge in [-0.2, -0.15) is 18.2 Å². The molecule has 0 saturated carbocycles. The van der Waals surface area contributed by atoms with E-state index in [9.17, 15) is 13.2 Å². The van der Waals surface area contributed by atoms with Gasteiger partial charge in [0, 0.05) is 39.7 Å². The molecule has 0 aliphatic carbocycles. The van der Waals surface area contributed by atoms with Crippen LogP contribution in [0.4, 0.5) is 30.6 Å². The maximum atomic E-state index is 13.2. The molecule has 1 aromatic carbocycles. The van der Waals surface area contributed by atoms with Crippen molar-refractivity contribution in [2.75, 3.05) is 10.6 Å². The van der Waals surface area contributed by atoms with Crippen molar-refractivity contribution >= 4 is 33.4 Å². The molecule has 0 aliphatic heterocycles. The summed E-state index contributed by atoms with van der Waals surface area (Å²) in [4.78, 5) is 13.0. The molecule has 2 heterocycles. The lowest BCUT2D eigenvalue weighted by atomic mass is 10.1. The summed E-state index contributed by atoms with van der Waals surface area (Å²) in [6.07, 6.45) is -1.16. The van der Waals surface area contributed by atoms with E-state index in [1.807, 2.05) is 26.8 Å². The highest BCUT2D eigenvalue weighted by molar-refractivity contribution is 9.10. The lowest BCUT2D eigenvalue weighted by Crippen LogP contribution is -2.27. The van der Waals surface area contributed by atoms with Crippen LogP contribution in [0.5, 0.6) is 0 Å². The number of hydrogen-bond donors (Lipinski definition) is 2. The molecule has 0 bridgehead atoms. The van der Waals surface area contributed by atoms with Crippen molar-refractivity contribution in [2.24, 2.45) is 0 Å². The van der Waals surface area contributed by atoms with Gasteiger partial charge in [0.1, 0.15) is 5.82 Å². The van der Waals surface area contributed by atoms with Crippen LogP contribution in [0.1, 0.15) is 26.3 Å². The number of pyridine rings is 1. The summed E-state index contributed by atoms with van der Waals surface area (Å²) in [5.74, 6) is 0.718. The zero-order chi connectivity index (χ0) is 21.2. The van der Waals surface area contributed by atoms with Gasteiger partial charge in [-0.1, -0.05) is 15.9 Å². The lowest BCUT2D eigenvalue weighted by Gasteiger charge is -2.21. The van der Waals surface area contributed by atoms with E-state index in [0.717, 1.165) is 11.6 Å². The Bertz CT molecular complexity index is 1000. The normalized spacial score (nSPS) is 12.0. The summed E-state index contributed by atoms with van der Waals surface area (Å²) >= 11 is 2.95. The second kappa shape index (κ2) is 7.98. The SMILES string of the molecule is CC(C)(C)Nc1nc(Nc2ccc(Br)c(C(F)(F)F)c2)cc(-c2cccnc2)n1. The first kappa shape index (κ1) is 21.0. The van der Waals surface area contributed by atoms with Crippen molar-refractivity contribution in [3.8, 4) is 11.3 Å². The molecule has 29 heavy (non-hydrogen) atoms. The number of halogens is 4. The van der Waals surface area contributed by atoms with Gasteiger partial charge in [0.15, 0.2) is 0 Å². The van der Waals surface area contributed by atoms with Crippen LogP contribution in [-0.2, 0) is 6.18 Å². The molecular formula is C20H19BrF3N5. The topological polar surface area (TPSA) is 62.7 Å². The highest BCUT2D eigenvalue weighted by Crippen LogP contribution is 2.37. The van der Waals surface area contributed by atoms with Crippen LogP contribution in [0.25, 0.3) is 11.3 Å². The quantitative estimate of drug-likeness (QED) is 0.474. The van der Waals surface area contributed by atoms with Crippen LogP contribution in [0.15, 0.2) is 53.3 Å². The highest BCUT2D eigenvalue weighted by atomic mass is 79.9. The third kappa shape index (κ3) is 5.66. The Morgan fingerprint density at radius 3 is 2.38 bits per heavy atom. The summed E-state index contributed by atoms with van der Waals surface area (Å²) in [5.41, 5.74) is 0.554. The van der Waals surface area contributed by atoms with Crippen molar-refractivity contribution in [3.05, 3.63) is 58.8 Å². The van der Waals surface area contributed by atoms with Crippen molar-refractivity contribution in [1.82, 2.24) is 15.0 Å². The Morgan fingerprint density at radius 1 is 1.00 bits per heavy atom. The van der Waals surface area contributed by atoms with Crippen LogP contribution < -0.4 is 10.6 Å². The van der Waals surface area contributed by atoms with Gasteiger partial charge in [0.25, 0.3) is 0 Å². The van der Waals surface area contributed by atoms with Gasteiger partial charge in [-0.15, -0.1) is 0 Å². The predicted octanol–water partition coefficient (Wildman–Crippen LogP) is 6.27. The molecule has 0 fully saturated rings. The number of anilines is 3. The Hall–Kier alpha value is -2.68. The number of benzene rings is 1. The largest absolute Gasteiger partial charge is 0.417 e. The van der Waals surface area contributed by atoms with Gasteiger partial charge < -0.3 is 10.6 Å².